The van der Waals surface area contributed by atoms with E-state index >= 15 is 0 Å². The summed E-state index contributed by atoms with van der Waals surface area (Å²) in [5, 5.41) is 0. The Bertz CT molecular complexity index is 906. The quantitative estimate of drug-likeness (QED) is 0.382. The Morgan fingerprint density at radius 3 is 1.40 bits per heavy atom. The van der Waals surface area contributed by atoms with Crippen LogP contribution in [0.1, 0.15) is 136 Å². The minimum Gasteiger partial charge on any atom is -0.369 e. The van der Waals surface area contributed by atoms with E-state index in [1.54, 1.807) is 0 Å². The number of pyridine rings is 2. The Morgan fingerprint density at radius 2 is 1.03 bits per heavy atom. The van der Waals surface area contributed by atoms with Gasteiger partial charge in [-0.25, -0.2) is 0 Å². The van der Waals surface area contributed by atoms with Crippen molar-refractivity contribution in [2.24, 2.45) is 0 Å². The molecule has 0 radical (unpaired) electrons. The minimum atomic E-state index is -0.0261. The molecule has 0 amide bonds. The molecule has 0 aliphatic heterocycles. The first-order chi connectivity index (χ1) is 16.7. The SMILES string of the molecule is Cc1ccnc(C(C)CC2(OC3(CC(C)c4nccc(C)c4C)CCCCC3)CCCCC2)c1C. The number of nitrogens with zero attached hydrogens (tertiary/aromatic N) is 2. The number of rotatable bonds is 8. The lowest BCUT2D eigenvalue weighted by molar-refractivity contribution is -0.194. The fraction of sp³-hybridized carbons (Fsp3) is 0.688. The van der Waals surface area contributed by atoms with E-state index in [-0.39, 0.29) is 11.2 Å². The molecule has 2 aliphatic rings. The molecule has 4 rings (SSSR count). The molecule has 0 spiro atoms. The van der Waals surface area contributed by atoms with Crippen LogP contribution < -0.4 is 0 Å². The van der Waals surface area contributed by atoms with Crippen molar-refractivity contribution in [2.45, 2.75) is 142 Å². The highest BCUT2D eigenvalue weighted by Crippen LogP contribution is 2.48. The molecule has 2 aromatic heterocycles. The minimum absolute atomic E-state index is 0.0261. The predicted octanol–water partition coefficient (Wildman–Crippen LogP) is 8.82. The molecule has 2 aromatic rings. The Morgan fingerprint density at radius 1 is 0.657 bits per heavy atom. The molecule has 2 saturated carbocycles. The molecule has 3 nitrogen and oxygen atoms in total. The zero-order chi connectivity index (χ0) is 25.1. The van der Waals surface area contributed by atoms with E-state index < -0.39 is 0 Å². The Kier molecular flexibility index (Phi) is 8.36. The van der Waals surface area contributed by atoms with Crippen molar-refractivity contribution in [3.8, 4) is 0 Å². The first kappa shape index (κ1) is 26.3. The van der Waals surface area contributed by atoms with E-state index in [2.05, 4.69) is 53.7 Å². The topological polar surface area (TPSA) is 35.0 Å². The van der Waals surface area contributed by atoms with Gasteiger partial charge in [0.25, 0.3) is 0 Å². The summed E-state index contributed by atoms with van der Waals surface area (Å²) >= 11 is 0. The van der Waals surface area contributed by atoms with Gasteiger partial charge in [-0.2, -0.15) is 0 Å². The van der Waals surface area contributed by atoms with E-state index in [0.29, 0.717) is 11.8 Å². The fourth-order valence-electron chi connectivity index (χ4n) is 7.16. The maximum atomic E-state index is 7.58. The molecular formula is C32H48N2O. The predicted molar refractivity (Wildman–Crippen MR) is 146 cm³/mol. The normalized spacial score (nSPS) is 21.4. The second kappa shape index (κ2) is 11.1. The molecule has 35 heavy (non-hydrogen) atoms. The monoisotopic (exact) mass is 476 g/mol. The number of hydrogen-bond donors (Lipinski definition) is 0. The van der Waals surface area contributed by atoms with Gasteiger partial charge in [0, 0.05) is 35.6 Å². The smallest absolute Gasteiger partial charge is 0.0696 e. The van der Waals surface area contributed by atoms with Crippen LogP contribution in [0.25, 0.3) is 0 Å². The van der Waals surface area contributed by atoms with Gasteiger partial charge in [0.1, 0.15) is 0 Å². The summed E-state index contributed by atoms with van der Waals surface area (Å²) in [6, 6.07) is 4.27. The number of ether oxygens (including phenoxy) is 1. The first-order valence-electron chi connectivity index (χ1n) is 14.3. The van der Waals surface area contributed by atoms with E-state index in [9.17, 15) is 0 Å². The van der Waals surface area contributed by atoms with Crippen LogP contribution in [0.2, 0.25) is 0 Å². The van der Waals surface area contributed by atoms with Crippen molar-refractivity contribution in [1.82, 2.24) is 9.97 Å². The fourth-order valence-corrected chi connectivity index (χ4v) is 7.16. The van der Waals surface area contributed by atoms with E-state index in [1.165, 1.54) is 97.8 Å². The Labute approximate surface area is 214 Å². The van der Waals surface area contributed by atoms with Gasteiger partial charge in [-0.3, -0.25) is 9.97 Å². The summed E-state index contributed by atoms with van der Waals surface area (Å²) in [6.07, 6.45) is 18.8. The second-order valence-electron chi connectivity index (χ2n) is 12.1. The number of hydrogen-bond acceptors (Lipinski definition) is 3. The molecule has 192 valence electrons. The van der Waals surface area contributed by atoms with Crippen molar-refractivity contribution in [3.63, 3.8) is 0 Å². The van der Waals surface area contributed by atoms with Crippen LogP contribution in [0.3, 0.4) is 0 Å². The van der Waals surface area contributed by atoms with Gasteiger partial charge in [0.05, 0.1) is 11.2 Å². The van der Waals surface area contributed by atoms with Crippen molar-refractivity contribution in [1.29, 1.82) is 0 Å². The van der Waals surface area contributed by atoms with Gasteiger partial charge in [0.15, 0.2) is 0 Å². The highest BCUT2D eigenvalue weighted by atomic mass is 16.5. The van der Waals surface area contributed by atoms with Crippen LogP contribution in [0.4, 0.5) is 0 Å². The Hall–Kier alpha value is -1.74. The highest BCUT2D eigenvalue weighted by molar-refractivity contribution is 5.31. The van der Waals surface area contributed by atoms with E-state index in [1.807, 2.05) is 12.4 Å². The first-order valence-corrected chi connectivity index (χ1v) is 14.3. The highest BCUT2D eigenvalue weighted by Gasteiger charge is 2.45. The molecule has 2 atom stereocenters. The van der Waals surface area contributed by atoms with Gasteiger partial charge >= 0.3 is 0 Å². The summed E-state index contributed by atoms with van der Waals surface area (Å²) in [5.74, 6) is 0.818. The third-order valence-corrected chi connectivity index (χ3v) is 9.28. The summed E-state index contributed by atoms with van der Waals surface area (Å²) in [4.78, 5) is 9.68. The van der Waals surface area contributed by atoms with Crippen LogP contribution in [0.5, 0.6) is 0 Å². The summed E-state index contributed by atoms with van der Waals surface area (Å²) < 4.78 is 7.58. The van der Waals surface area contributed by atoms with Crippen molar-refractivity contribution in [2.75, 3.05) is 0 Å². The number of aromatic nitrogens is 2. The largest absolute Gasteiger partial charge is 0.369 e. The third kappa shape index (κ3) is 5.98. The summed E-state index contributed by atoms with van der Waals surface area (Å²) in [6.45, 7) is 13.7. The van der Waals surface area contributed by atoms with Gasteiger partial charge in [-0.1, -0.05) is 52.4 Å². The average Bonchev–Trinajstić information content (AvgIpc) is 2.83. The van der Waals surface area contributed by atoms with Gasteiger partial charge < -0.3 is 4.74 Å². The second-order valence-corrected chi connectivity index (χ2v) is 12.1. The number of aryl methyl sites for hydroxylation is 2. The maximum absolute atomic E-state index is 7.58. The van der Waals surface area contributed by atoms with Gasteiger partial charge in [-0.05, 0) is 101 Å². The lowest BCUT2D eigenvalue weighted by atomic mass is 9.73. The van der Waals surface area contributed by atoms with Crippen molar-refractivity contribution in [3.05, 3.63) is 58.2 Å². The van der Waals surface area contributed by atoms with Gasteiger partial charge in [0.2, 0.25) is 0 Å². The lowest BCUT2D eigenvalue weighted by Crippen LogP contribution is -2.48. The van der Waals surface area contributed by atoms with Crippen molar-refractivity contribution < 1.29 is 4.74 Å². The van der Waals surface area contributed by atoms with Crippen LogP contribution in [-0.2, 0) is 4.74 Å². The van der Waals surface area contributed by atoms with Crippen LogP contribution in [0.15, 0.2) is 24.5 Å². The van der Waals surface area contributed by atoms with Crippen LogP contribution in [0, 0.1) is 27.7 Å². The third-order valence-electron chi connectivity index (χ3n) is 9.28. The molecule has 0 bridgehead atoms. The molecule has 0 N–H and O–H groups in total. The summed E-state index contributed by atoms with van der Waals surface area (Å²) in [7, 11) is 0. The zero-order valence-electron chi connectivity index (χ0n) is 23.3. The summed E-state index contributed by atoms with van der Waals surface area (Å²) in [5.41, 5.74) is 7.89. The molecule has 2 fully saturated rings. The standard InChI is InChI=1S/C32H48N2O/c1-23-13-19-33-29(27(23)5)25(3)21-31(15-9-7-10-16-31)35-32(17-11-8-12-18-32)22-26(4)30-28(6)24(2)14-20-34-30/h13-14,19-20,25-26H,7-12,15-18,21-22H2,1-6H3. The average molecular weight is 477 g/mol. The molecule has 2 aliphatic carbocycles. The van der Waals surface area contributed by atoms with Crippen LogP contribution in [-0.4, -0.2) is 21.2 Å². The van der Waals surface area contributed by atoms with Crippen LogP contribution >= 0.6 is 0 Å². The van der Waals surface area contributed by atoms with Gasteiger partial charge in [-0.15, -0.1) is 0 Å². The molecular weight excluding hydrogens is 428 g/mol. The molecule has 3 heteroatoms. The van der Waals surface area contributed by atoms with E-state index in [4.69, 9.17) is 14.7 Å². The Balaban J connectivity index is 1.61. The lowest BCUT2D eigenvalue weighted by Gasteiger charge is -2.49. The molecule has 2 unspecified atom stereocenters. The van der Waals surface area contributed by atoms with Crippen molar-refractivity contribution >= 4 is 0 Å². The maximum Gasteiger partial charge on any atom is 0.0696 e. The molecule has 2 heterocycles. The van der Waals surface area contributed by atoms with E-state index in [0.717, 1.165) is 12.8 Å². The molecule has 0 aromatic carbocycles. The zero-order valence-corrected chi connectivity index (χ0v) is 23.3. The molecule has 0 saturated heterocycles.